The molecule has 0 aliphatic heterocycles. The smallest absolute Gasteiger partial charge is 0.328 e. The van der Waals surface area contributed by atoms with Gasteiger partial charge in [0.2, 0.25) is 17.7 Å². The third-order valence-corrected chi connectivity index (χ3v) is 5.67. The van der Waals surface area contributed by atoms with Crippen LogP contribution in [0.3, 0.4) is 0 Å². The number of phenolic OH excluding ortho intramolecular Hbond substituents is 1. The number of rotatable bonds is 14. The molecular formula is C22H34N4O7S. The quantitative estimate of drug-likeness (QED) is 0.172. The van der Waals surface area contributed by atoms with Crippen molar-refractivity contribution in [1.29, 1.82) is 0 Å². The van der Waals surface area contributed by atoms with Gasteiger partial charge in [0.1, 0.15) is 23.9 Å². The van der Waals surface area contributed by atoms with Crippen LogP contribution in [0, 0.1) is 5.92 Å². The average molecular weight is 499 g/mol. The number of nitrogens with two attached hydrogens (primary N) is 1. The maximum Gasteiger partial charge on any atom is 0.328 e. The van der Waals surface area contributed by atoms with E-state index in [4.69, 9.17) is 10.8 Å². The second-order valence-electron chi connectivity index (χ2n) is 8.13. The maximum atomic E-state index is 13.0. The molecule has 34 heavy (non-hydrogen) atoms. The second-order valence-corrected chi connectivity index (χ2v) is 9.12. The first-order chi connectivity index (χ1) is 16.0. The Morgan fingerprint density at radius 2 is 1.56 bits per heavy atom. The van der Waals surface area contributed by atoms with E-state index in [9.17, 15) is 29.4 Å². The first-order valence-electron chi connectivity index (χ1n) is 10.8. The number of aliphatic hydroxyl groups is 1. The molecule has 12 heteroatoms. The number of benzene rings is 1. The molecule has 0 aliphatic carbocycles. The fourth-order valence-electron chi connectivity index (χ4n) is 2.97. The van der Waals surface area contributed by atoms with Gasteiger partial charge in [0.25, 0.3) is 0 Å². The normalized spacial score (nSPS) is 14.5. The van der Waals surface area contributed by atoms with E-state index in [0.29, 0.717) is 17.7 Å². The van der Waals surface area contributed by atoms with Gasteiger partial charge >= 0.3 is 5.97 Å². The van der Waals surface area contributed by atoms with Crippen LogP contribution in [-0.2, 0) is 25.6 Å². The van der Waals surface area contributed by atoms with E-state index in [1.807, 2.05) is 6.26 Å². The third kappa shape index (κ3) is 9.57. The summed E-state index contributed by atoms with van der Waals surface area (Å²) in [6.45, 7) is 2.61. The van der Waals surface area contributed by atoms with Crippen LogP contribution in [0.15, 0.2) is 24.3 Å². The van der Waals surface area contributed by atoms with E-state index in [1.54, 1.807) is 37.7 Å². The molecule has 190 valence electrons. The molecule has 0 saturated heterocycles. The Labute approximate surface area is 202 Å². The lowest BCUT2D eigenvalue weighted by Gasteiger charge is -2.27. The monoisotopic (exact) mass is 498 g/mol. The molecule has 4 unspecified atom stereocenters. The van der Waals surface area contributed by atoms with Crippen molar-refractivity contribution >= 4 is 35.5 Å². The van der Waals surface area contributed by atoms with Crippen molar-refractivity contribution in [2.45, 2.75) is 50.9 Å². The van der Waals surface area contributed by atoms with Crippen molar-refractivity contribution in [3.05, 3.63) is 29.8 Å². The first kappa shape index (κ1) is 29.2. The topological polar surface area (TPSA) is 191 Å². The highest BCUT2D eigenvalue weighted by Gasteiger charge is 2.31. The minimum Gasteiger partial charge on any atom is -0.508 e. The zero-order valence-corrected chi connectivity index (χ0v) is 20.3. The summed E-state index contributed by atoms with van der Waals surface area (Å²) in [5.74, 6) is -3.04. The molecule has 0 radical (unpaired) electrons. The average Bonchev–Trinajstić information content (AvgIpc) is 2.79. The highest BCUT2D eigenvalue weighted by atomic mass is 32.2. The van der Waals surface area contributed by atoms with Crippen LogP contribution in [-0.4, -0.2) is 81.8 Å². The van der Waals surface area contributed by atoms with E-state index >= 15 is 0 Å². The zero-order chi connectivity index (χ0) is 25.8. The first-order valence-corrected chi connectivity index (χ1v) is 12.2. The summed E-state index contributed by atoms with van der Waals surface area (Å²) in [6, 6.07) is 1.37. The van der Waals surface area contributed by atoms with Crippen LogP contribution in [0.4, 0.5) is 0 Å². The summed E-state index contributed by atoms with van der Waals surface area (Å²) >= 11 is 1.54. The predicted molar refractivity (Wildman–Crippen MR) is 128 cm³/mol. The van der Waals surface area contributed by atoms with Gasteiger partial charge in [0, 0.05) is 6.42 Å². The van der Waals surface area contributed by atoms with Gasteiger partial charge in [-0.3, -0.25) is 14.4 Å². The van der Waals surface area contributed by atoms with Gasteiger partial charge in [-0.2, -0.15) is 11.8 Å². The van der Waals surface area contributed by atoms with Crippen molar-refractivity contribution in [3.63, 3.8) is 0 Å². The number of hydrogen-bond acceptors (Lipinski definition) is 8. The molecular weight excluding hydrogens is 464 g/mol. The van der Waals surface area contributed by atoms with Crippen LogP contribution in [0.2, 0.25) is 0 Å². The molecule has 0 fully saturated rings. The molecule has 0 aromatic heterocycles. The Balaban J connectivity index is 3.05. The minimum absolute atomic E-state index is 0.0143. The second kappa shape index (κ2) is 14.4. The molecule has 4 atom stereocenters. The SMILES string of the molecule is CSCCC(N)C(=O)NC(C(=O)NC(Cc1ccc(O)cc1)C(=O)NC(CO)C(=O)O)C(C)C. The van der Waals surface area contributed by atoms with E-state index in [1.165, 1.54) is 12.1 Å². The summed E-state index contributed by atoms with van der Waals surface area (Å²) in [6.07, 6.45) is 2.30. The van der Waals surface area contributed by atoms with E-state index in [0.717, 1.165) is 0 Å². The molecule has 3 amide bonds. The lowest BCUT2D eigenvalue weighted by atomic mass is 10.00. The van der Waals surface area contributed by atoms with E-state index in [2.05, 4.69) is 16.0 Å². The lowest BCUT2D eigenvalue weighted by molar-refractivity contribution is -0.143. The molecule has 11 nitrogen and oxygen atoms in total. The van der Waals surface area contributed by atoms with Crippen molar-refractivity contribution in [3.8, 4) is 5.75 Å². The number of carbonyl (C=O) groups is 4. The van der Waals surface area contributed by atoms with Crippen molar-refractivity contribution in [1.82, 2.24) is 16.0 Å². The number of aliphatic hydroxyl groups excluding tert-OH is 1. The number of amides is 3. The van der Waals surface area contributed by atoms with Crippen LogP contribution in [0.25, 0.3) is 0 Å². The van der Waals surface area contributed by atoms with Gasteiger partial charge in [-0.15, -0.1) is 0 Å². The van der Waals surface area contributed by atoms with E-state index in [-0.39, 0.29) is 18.1 Å². The molecule has 0 heterocycles. The Kier molecular flexibility index (Phi) is 12.4. The van der Waals surface area contributed by atoms with Gasteiger partial charge in [-0.1, -0.05) is 26.0 Å². The number of aliphatic carboxylic acids is 1. The molecule has 0 bridgehead atoms. The number of phenols is 1. The van der Waals surface area contributed by atoms with Crippen LogP contribution < -0.4 is 21.7 Å². The third-order valence-electron chi connectivity index (χ3n) is 5.02. The molecule has 8 N–H and O–H groups in total. The number of carboxylic acid groups (broad SMARTS) is 1. The fraction of sp³-hybridized carbons (Fsp3) is 0.545. The summed E-state index contributed by atoms with van der Waals surface area (Å²) in [5, 5.41) is 35.2. The molecule has 1 rings (SSSR count). The molecule has 1 aromatic carbocycles. The fourth-order valence-corrected chi connectivity index (χ4v) is 3.46. The number of carboxylic acids is 1. The number of nitrogens with one attached hydrogen (secondary N) is 3. The van der Waals surface area contributed by atoms with Crippen LogP contribution in [0.5, 0.6) is 5.75 Å². The van der Waals surface area contributed by atoms with Gasteiger partial charge in [-0.05, 0) is 42.0 Å². The summed E-state index contributed by atoms with van der Waals surface area (Å²) in [5.41, 5.74) is 6.48. The van der Waals surface area contributed by atoms with Crippen molar-refractivity contribution in [2.75, 3.05) is 18.6 Å². The Bertz CT molecular complexity index is 835. The molecule has 1 aromatic rings. The Morgan fingerprint density at radius 1 is 0.971 bits per heavy atom. The lowest BCUT2D eigenvalue weighted by Crippen LogP contribution is -2.59. The largest absolute Gasteiger partial charge is 0.508 e. The van der Waals surface area contributed by atoms with Crippen molar-refractivity contribution in [2.24, 2.45) is 11.7 Å². The predicted octanol–water partition coefficient (Wildman–Crippen LogP) is -0.798. The van der Waals surface area contributed by atoms with Crippen LogP contribution >= 0.6 is 11.8 Å². The Hall–Kier alpha value is -2.83. The minimum atomic E-state index is -1.55. The summed E-state index contributed by atoms with van der Waals surface area (Å²) in [7, 11) is 0. The van der Waals surface area contributed by atoms with Gasteiger partial charge in [0.15, 0.2) is 0 Å². The number of thioether (sulfide) groups is 1. The standard InChI is InChI=1S/C22H34N4O7S/c1-12(2)18(26-19(29)15(23)8-9-34-3)21(31)24-16(10-13-4-6-14(28)7-5-13)20(30)25-17(11-27)22(32)33/h4-7,12,15-18,27-28H,8-11,23H2,1-3H3,(H,24,31)(H,25,30)(H,26,29)(H,32,33). The number of aromatic hydroxyl groups is 1. The van der Waals surface area contributed by atoms with Crippen molar-refractivity contribution < 1.29 is 34.5 Å². The van der Waals surface area contributed by atoms with Gasteiger partial charge < -0.3 is 37.0 Å². The zero-order valence-electron chi connectivity index (χ0n) is 19.5. The Morgan fingerprint density at radius 3 is 2.06 bits per heavy atom. The molecule has 0 saturated carbocycles. The van der Waals surface area contributed by atoms with Crippen LogP contribution in [0.1, 0.15) is 25.8 Å². The van der Waals surface area contributed by atoms with E-state index < -0.39 is 54.5 Å². The number of hydrogen-bond donors (Lipinski definition) is 7. The molecule has 0 spiro atoms. The maximum absolute atomic E-state index is 13.0. The summed E-state index contributed by atoms with van der Waals surface area (Å²) < 4.78 is 0. The summed E-state index contributed by atoms with van der Waals surface area (Å²) in [4.78, 5) is 49.5. The van der Waals surface area contributed by atoms with Gasteiger partial charge in [-0.25, -0.2) is 4.79 Å². The van der Waals surface area contributed by atoms with Gasteiger partial charge in [0.05, 0.1) is 12.6 Å². The highest BCUT2D eigenvalue weighted by Crippen LogP contribution is 2.12. The number of carbonyl (C=O) groups excluding carboxylic acids is 3. The molecule has 0 aliphatic rings. The highest BCUT2D eigenvalue weighted by molar-refractivity contribution is 7.98.